The summed E-state index contributed by atoms with van der Waals surface area (Å²) in [6.07, 6.45) is 0.400. The largest absolute Gasteiger partial charge is 0.351 e. The number of thiophene rings is 1. The van der Waals surface area contributed by atoms with Crippen molar-refractivity contribution in [3.8, 4) is 0 Å². The van der Waals surface area contributed by atoms with E-state index >= 15 is 0 Å². The van der Waals surface area contributed by atoms with Crippen molar-refractivity contribution < 1.29 is 4.79 Å². The number of carbonyl (C=O) groups excluding carboxylic acids is 1. The molecule has 0 radical (unpaired) electrons. The number of fused-ring (bicyclic) bond motifs is 1. The smallest absolute Gasteiger partial charge is 0.224 e. The zero-order valence-electron chi connectivity index (χ0n) is 10.7. The van der Waals surface area contributed by atoms with Crippen molar-refractivity contribution in [2.75, 3.05) is 0 Å². The average Bonchev–Trinajstić information content (AvgIpc) is 2.58. The number of amides is 1. The van der Waals surface area contributed by atoms with E-state index < -0.39 is 0 Å². The zero-order valence-corrected chi connectivity index (χ0v) is 12.3. The molecule has 2 aromatic rings. The lowest BCUT2D eigenvalue weighted by molar-refractivity contribution is -0.121. The maximum Gasteiger partial charge on any atom is 0.224 e. The number of benzene rings is 1. The molecular formula is C14H16ClNOS. The van der Waals surface area contributed by atoms with Gasteiger partial charge in [-0.3, -0.25) is 4.79 Å². The molecule has 0 bridgehead atoms. The number of hydrogen-bond acceptors (Lipinski definition) is 2. The topological polar surface area (TPSA) is 29.1 Å². The molecule has 0 aliphatic carbocycles. The van der Waals surface area contributed by atoms with Gasteiger partial charge in [-0.1, -0.05) is 11.6 Å². The first-order valence-electron chi connectivity index (χ1n) is 5.82. The summed E-state index contributed by atoms with van der Waals surface area (Å²) >= 11 is 7.64. The first-order valence-corrected chi connectivity index (χ1v) is 7.07. The van der Waals surface area contributed by atoms with Crippen molar-refractivity contribution in [3.05, 3.63) is 34.2 Å². The van der Waals surface area contributed by atoms with E-state index in [1.54, 1.807) is 11.3 Å². The minimum Gasteiger partial charge on any atom is -0.351 e. The van der Waals surface area contributed by atoms with E-state index in [-0.39, 0.29) is 11.4 Å². The molecule has 2 nitrogen and oxygen atoms in total. The summed E-state index contributed by atoms with van der Waals surface area (Å²) in [6.45, 7) is 5.94. The van der Waals surface area contributed by atoms with Gasteiger partial charge in [0, 0.05) is 15.3 Å². The number of carbonyl (C=O) groups is 1. The van der Waals surface area contributed by atoms with E-state index in [2.05, 4.69) is 5.32 Å². The van der Waals surface area contributed by atoms with Crippen LogP contribution in [0.4, 0.5) is 0 Å². The van der Waals surface area contributed by atoms with Gasteiger partial charge in [0.2, 0.25) is 5.91 Å². The summed E-state index contributed by atoms with van der Waals surface area (Å²) in [4.78, 5) is 11.9. The SMILES string of the molecule is CC(C)(C)NC(=O)Cc1csc2ccc(Cl)cc12. The highest BCUT2D eigenvalue weighted by atomic mass is 35.5. The van der Waals surface area contributed by atoms with Crippen molar-refractivity contribution in [2.24, 2.45) is 0 Å². The zero-order chi connectivity index (χ0) is 13.3. The Morgan fingerprint density at radius 1 is 1.39 bits per heavy atom. The second-order valence-corrected chi connectivity index (χ2v) is 6.72. The third-order valence-electron chi connectivity index (χ3n) is 2.48. The predicted molar refractivity (Wildman–Crippen MR) is 78.4 cm³/mol. The van der Waals surface area contributed by atoms with E-state index in [4.69, 9.17) is 11.6 Å². The molecule has 1 N–H and O–H groups in total. The molecule has 0 spiro atoms. The van der Waals surface area contributed by atoms with Crippen molar-refractivity contribution in [1.29, 1.82) is 0 Å². The van der Waals surface area contributed by atoms with E-state index in [1.165, 1.54) is 0 Å². The molecular weight excluding hydrogens is 266 g/mol. The number of nitrogens with one attached hydrogen (secondary N) is 1. The molecule has 0 fully saturated rings. The van der Waals surface area contributed by atoms with Crippen LogP contribution in [0.15, 0.2) is 23.6 Å². The molecule has 0 aliphatic heterocycles. The highest BCUT2D eigenvalue weighted by molar-refractivity contribution is 7.17. The molecule has 18 heavy (non-hydrogen) atoms. The van der Waals surface area contributed by atoms with Crippen LogP contribution in [0.25, 0.3) is 10.1 Å². The Labute approximate surface area is 116 Å². The van der Waals surface area contributed by atoms with Crippen LogP contribution in [-0.4, -0.2) is 11.4 Å². The molecule has 2 rings (SSSR count). The van der Waals surface area contributed by atoms with Crippen LogP contribution >= 0.6 is 22.9 Å². The highest BCUT2D eigenvalue weighted by Gasteiger charge is 2.15. The van der Waals surface area contributed by atoms with Crippen LogP contribution in [0.3, 0.4) is 0 Å². The lowest BCUT2D eigenvalue weighted by Gasteiger charge is -2.20. The molecule has 4 heteroatoms. The maximum absolute atomic E-state index is 11.9. The molecule has 1 aromatic carbocycles. The Morgan fingerprint density at radius 2 is 2.11 bits per heavy atom. The summed E-state index contributed by atoms with van der Waals surface area (Å²) in [5.74, 6) is 0.0437. The monoisotopic (exact) mass is 281 g/mol. The van der Waals surface area contributed by atoms with Crippen molar-refractivity contribution in [3.63, 3.8) is 0 Å². The van der Waals surface area contributed by atoms with Gasteiger partial charge in [0.1, 0.15) is 0 Å². The predicted octanol–water partition coefficient (Wildman–Crippen LogP) is 4.01. The van der Waals surface area contributed by atoms with Gasteiger partial charge in [-0.25, -0.2) is 0 Å². The second-order valence-electron chi connectivity index (χ2n) is 5.38. The molecule has 1 aromatic heterocycles. The van der Waals surface area contributed by atoms with E-state index in [9.17, 15) is 4.79 Å². The van der Waals surface area contributed by atoms with Gasteiger partial charge in [-0.05, 0) is 55.3 Å². The summed E-state index contributed by atoms with van der Waals surface area (Å²) in [7, 11) is 0. The lowest BCUT2D eigenvalue weighted by atomic mass is 10.1. The van der Waals surface area contributed by atoms with Gasteiger partial charge in [-0.15, -0.1) is 11.3 Å². The molecule has 96 valence electrons. The maximum atomic E-state index is 11.9. The van der Waals surface area contributed by atoms with Gasteiger partial charge in [0.25, 0.3) is 0 Å². The Balaban J connectivity index is 2.22. The normalized spacial score (nSPS) is 11.8. The first-order chi connectivity index (χ1) is 8.35. The fraction of sp³-hybridized carbons (Fsp3) is 0.357. The Morgan fingerprint density at radius 3 is 2.78 bits per heavy atom. The van der Waals surface area contributed by atoms with Crippen LogP contribution in [0.5, 0.6) is 0 Å². The van der Waals surface area contributed by atoms with Gasteiger partial charge in [-0.2, -0.15) is 0 Å². The minimum atomic E-state index is -0.194. The van der Waals surface area contributed by atoms with Crippen molar-refractivity contribution in [1.82, 2.24) is 5.32 Å². The van der Waals surface area contributed by atoms with Crippen LogP contribution < -0.4 is 5.32 Å². The highest BCUT2D eigenvalue weighted by Crippen LogP contribution is 2.29. The molecule has 1 heterocycles. The average molecular weight is 282 g/mol. The lowest BCUT2D eigenvalue weighted by Crippen LogP contribution is -2.41. The van der Waals surface area contributed by atoms with Crippen molar-refractivity contribution >= 4 is 38.9 Å². The fourth-order valence-electron chi connectivity index (χ4n) is 1.83. The molecule has 0 saturated carbocycles. The summed E-state index contributed by atoms with van der Waals surface area (Å²) in [6, 6.07) is 5.79. The first kappa shape index (κ1) is 13.4. The van der Waals surface area contributed by atoms with Gasteiger partial charge in [0.15, 0.2) is 0 Å². The van der Waals surface area contributed by atoms with Gasteiger partial charge >= 0.3 is 0 Å². The van der Waals surface area contributed by atoms with Crippen molar-refractivity contribution in [2.45, 2.75) is 32.7 Å². The molecule has 0 saturated heterocycles. The fourth-order valence-corrected chi connectivity index (χ4v) is 2.94. The quantitative estimate of drug-likeness (QED) is 0.885. The number of rotatable bonds is 2. The molecule has 1 amide bonds. The molecule has 0 unspecified atom stereocenters. The Bertz CT molecular complexity index is 583. The summed E-state index contributed by atoms with van der Waals surface area (Å²) in [5, 5.41) is 6.79. The molecule has 0 aliphatic rings. The Kier molecular flexibility index (Phi) is 3.64. The summed E-state index contributed by atoms with van der Waals surface area (Å²) < 4.78 is 1.16. The summed E-state index contributed by atoms with van der Waals surface area (Å²) in [5.41, 5.74) is 0.847. The van der Waals surface area contributed by atoms with Crippen LogP contribution in [-0.2, 0) is 11.2 Å². The van der Waals surface area contributed by atoms with E-state index in [0.717, 1.165) is 15.6 Å². The van der Waals surface area contributed by atoms with E-state index in [1.807, 2.05) is 44.4 Å². The van der Waals surface area contributed by atoms with Crippen LogP contribution in [0, 0.1) is 0 Å². The third-order valence-corrected chi connectivity index (χ3v) is 3.73. The van der Waals surface area contributed by atoms with Crippen LogP contribution in [0.2, 0.25) is 5.02 Å². The van der Waals surface area contributed by atoms with Gasteiger partial charge in [0.05, 0.1) is 6.42 Å². The number of hydrogen-bond donors (Lipinski definition) is 1. The minimum absolute atomic E-state index is 0.0437. The van der Waals surface area contributed by atoms with Crippen LogP contribution in [0.1, 0.15) is 26.3 Å². The second kappa shape index (κ2) is 4.90. The molecule has 0 atom stereocenters. The number of halogens is 1. The third kappa shape index (κ3) is 3.24. The van der Waals surface area contributed by atoms with Gasteiger partial charge < -0.3 is 5.32 Å². The standard InChI is InChI=1S/C14H16ClNOS/c1-14(2,3)16-13(17)6-9-8-18-12-5-4-10(15)7-11(9)12/h4-5,7-8H,6H2,1-3H3,(H,16,17). The Hall–Kier alpha value is -1.06. The van der Waals surface area contributed by atoms with E-state index in [0.29, 0.717) is 11.4 Å².